The normalized spacial score (nSPS) is 13.5. The van der Waals surface area contributed by atoms with Gasteiger partial charge in [0.05, 0.1) is 50.4 Å². The number of methoxy groups -OCH3 is 2. The first kappa shape index (κ1) is 44.1. The van der Waals surface area contributed by atoms with E-state index >= 15 is 0 Å². The summed E-state index contributed by atoms with van der Waals surface area (Å²) in [6.45, 7) is 7.00. The van der Waals surface area contributed by atoms with Gasteiger partial charge in [-0.3, -0.25) is 14.5 Å². The molecule has 3 aromatic carbocycles. The van der Waals surface area contributed by atoms with Gasteiger partial charge >= 0.3 is 0 Å². The van der Waals surface area contributed by atoms with Gasteiger partial charge in [-0.25, -0.2) is 0 Å². The second-order valence-corrected chi connectivity index (χ2v) is 12.4. The summed E-state index contributed by atoms with van der Waals surface area (Å²) < 4.78 is 22.9. The van der Waals surface area contributed by atoms with Crippen LogP contribution in [0.4, 0.5) is 11.4 Å². The molecule has 1 unspecified atom stereocenters. The van der Waals surface area contributed by atoms with Crippen LogP contribution in [0, 0.1) is 6.92 Å². The van der Waals surface area contributed by atoms with E-state index in [1.165, 1.54) is 7.11 Å². The summed E-state index contributed by atoms with van der Waals surface area (Å²) in [6, 6.07) is 15.5. The first-order valence-corrected chi connectivity index (χ1v) is 17.1. The van der Waals surface area contributed by atoms with E-state index < -0.39 is 5.91 Å². The number of piperazine rings is 1. The Hall–Kier alpha value is -4.07. The third-order valence-corrected chi connectivity index (χ3v) is 8.83. The SMILES string of the molecule is COc1ccc(C(=O)Nc2ccc(C(=O)N(C)c3ccc(C)cc3OCCCCC(C=O)N3CCN(C)CC3)cc2OC)c(OCCCN)c1.Cl.Cl. The lowest BCUT2D eigenvalue weighted by atomic mass is 10.1. The Labute approximate surface area is 319 Å². The topological polar surface area (TPSA) is 136 Å². The molecular weight excluding hydrogens is 709 g/mol. The highest BCUT2D eigenvalue weighted by atomic mass is 35.5. The summed E-state index contributed by atoms with van der Waals surface area (Å²) in [6.07, 6.45) is 4.13. The number of ether oxygens (including phenoxy) is 4. The molecular formula is C38H53Cl2N5O7. The monoisotopic (exact) mass is 761 g/mol. The van der Waals surface area contributed by atoms with Gasteiger partial charge in [0.2, 0.25) is 0 Å². The van der Waals surface area contributed by atoms with Crippen LogP contribution in [0.2, 0.25) is 0 Å². The summed E-state index contributed by atoms with van der Waals surface area (Å²) in [5.41, 5.74) is 8.31. The number of rotatable bonds is 18. The van der Waals surface area contributed by atoms with Gasteiger partial charge in [0, 0.05) is 44.9 Å². The number of nitrogens with two attached hydrogens (primary N) is 1. The van der Waals surface area contributed by atoms with Crippen LogP contribution in [0.3, 0.4) is 0 Å². The molecule has 0 radical (unpaired) electrons. The maximum absolute atomic E-state index is 13.7. The van der Waals surface area contributed by atoms with Crippen LogP contribution in [0.1, 0.15) is 52.0 Å². The number of benzene rings is 3. The van der Waals surface area contributed by atoms with Gasteiger partial charge in [-0.2, -0.15) is 0 Å². The number of aryl methyl sites for hydroxylation is 1. The van der Waals surface area contributed by atoms with Gasteiger partial charge in [0.15, 0.2) is 0 Å². The lowest BCUT2D eigenvalue weighted by molar-refractivity contribution is -0.113. The number of nitrogens with zero attached hydrogens (tertiary/aromatic N) is 3. The number of hydrogen-bond donors (Lipinski definition) is 2. The molecule has 1 fully saturated rings. The highest BCUT2D eigenvalue weighted by Crippen LogP contribution is 2.33. The van der Waals surface area contributed by atoms with Crippen molar-refractivity contribution in [2.24, 2.45) is 5.73 Å². The molecule has 14 heteroatoms. The summed E-state index contributed by atoms with van der Waals surface area (Å²) in [7, 11) is 6.82. The summed E-state index contributed by atoms with van der Waals surface area (Å²) in [5.74, 6) is 1.16. The Balaban J connectivity index is 0.00000468. The molecule has 1 heterocycles. The molecule has 52 heavy (non-hydrogen) atoms. The molecule has 2 amide bonds. The van der Waals surface area contributed by atoms with Crippen molar-refractivity contribution in [3.8, 4) is 23.0 Å². The predicted octanol–water partition coefficient (Wildman–Crippen LogP) is 5.48. The fourth-order valence-corrected chi connectivity index (χ4v) is 5.76. The second kappa shape index (κ2) is 22.1. The first-order chi connectivity index (χ1) is 24.2. The van der Waals surface area contributed by atoms with E-state index in [1.54, 1.807) is 55.5 Å². The number of hydrogen-bond acceptors (Lipinski definition) is 10. The van der Waals surface area contributed by atoms with E-state index in [2.05, 4.69) is 22.2 Å². The molecule has 12 nitrogen and oxygen atoms in total. The third-order valence-electron chi connectivity index (χ3n) is 8.83. The van der Waals surface area contributed by atoms with E-state index in [0.29, 0.717) is 71.7 Å². The van der Waals surface area contributed by atoms with Crippen molar-refractivity contribution in [1.82, 2.24) is 9.80 Å². The van der Waals surface area contributed by atoms with Crippen molar-refractivity contribution in [2.75, 3.05) is 84.5 Å². The number of carbonyl (C=O) groups is 3. The second-order valence-electron chi connectivity index (χ2n) is 12.4. The minimum absolute atomic E-state index is 0. The Morgan fingerprint density at radius 2 is 1.60 bits per heavy atom. The number of halogens is 2. The molecule has 0 aromatic heterocycles. The molecule has 1 aliphatic heterocycles. The number of unbranched alkanes of at least 4 members (excludes halogenated alkanes) is 1. The molecule has 286 valence electrons. The Morgan fingerprint density at radius 1 is 0.885 bits per heavy atom. The lowest BCUT2D eigenvalue weighted by Crippen LogP contribution is -2.49. The van der Waals surface area contributed by atoms with Crippen LogP contribution in [-0.4, -0.2) is 108 Å². The minimum Gasteiger partial charge on any atom is -0.497 e. The van der Waals surface area contributed by atoms with Gasteiger partial charge in [0.1, 0.15) is 29.3 Å². The fourth-order valence-electron chi connectivity index (χ4n) is 5.76. The smallest absolute Gasteiger partial charge is 0.259 e. The highest BCUT2D eigenvalue weighted by Gasteiger charge is 2.23. The predicted molar refractivity (Wildman–Crippen MR) is 210 cm³/mol. The van der Waals surface area contributed by atoms with Crippen molar-refractivity contribution >= 4 is 54.3 Å². The molecule has 1 atom stereocenters. The van der Waals surface area contributed by atoms with Crippen LogP contribution in [0.5, 0.6) is 23.0 Å². The zero-order chi connectivity index (χ0) is 36.0. The lowest BCUT2D eigenvalue weighted by Gasteiger charge is -2.35. The zero-order valence-corrected chi connectivity index (χ0v) is 32.4. The highest BCUT2D eigenvalue weighted by molar-refractivity contribution is 6.09. The molecule has 1 saturated heterocycles. The fraction of sp³-hybridized carbons (Fsp3) is 0.447. The maximum Gasteiger partial charge on any atom is 0.259 e. The van der Waals surface area contributed by atoms with Crippen LogP contribution in [0.25, 0.3) is 0 Å². The number of carbonyl (C=O) groups excluding carboxylic acids is 3. The average molecular weight is 763 g/mol. The quantitative estimate of drug-likeness (QED) is 0.127. The number of nitrogens with one attached hydrogen (secondary N) is 1. The van der Waals surface area contributed by atoms with Crippen molar-refractivity contribution in [3.05, 3.63) is 71.3 Å². The number of amides is 2. The number of anilines is 2. The molecule has 3 aromatic rings. The van der Waals surface area contributed by atoms with E-state index in [4.69, 9.17) is 24.7 Å². The van der Waals surface area contributed by atoms with Crippen molar-refractivity contribution < 1.29 is 33.3 Å². The average Bonchev–Trinajstić information content (AvgIpc) is 3.13. The molecule has 3 N–H and O–H groups in total. The van der Waals surface area contributed by atoms with Gasteiger partial charge in [-0.05, 0) is 94.2 Å². The Bertz CT molecular complexity index is 1600. The van der Waals surface area contributed by atoms with Gasteiger partial charge in [-0.1, -0.05) is 6.07 Å². The molecule has 0 aliphatic carbocycles. The van der Waals surface area contributed by atoms with E-state index in [9.17, 15) is 14.4 Å². The van der Waals surface area contributed by atoms with Crippen LogP contribution < -0.4 is 34.9 Å². The third kappa shape index (κ3) is 12.0. The first-order valence-electron chi connectivity index (χ1n) is 17.1. The Morgan fingerprint density at radius 3 is 2.27 bits per heavy atom. The maximum atomic E-state index is 13.7. The van der Waals surface area contributed by atoms with E-state index in [1.807, 2.05) is 25.1 Å². The van der Waals surface area contributed by atoms with Gasteiger partial charge in [0.25, 0.3) is 11.8 Å². The standard InChI is InChI=1S/C38H51N5O7.2ClH/c1-27-10-15-33(36(23-27)50-21-7-6-9-29(26-44)43-19-17-41(2)18-20-43)42(3)38(46)28-11-14-32(35(24-28)48-5)40-37(45)31-13-12-30(47-4)25-34(31)49-22-8-16-39;;/h10-15,23-26,29H,6-9,16-22,39H2,1-5H3,(H,40,45);2*1H. The number of likely N-dealkylation sites (N-methyl/N-ethyl adjacent to an activating group) is 1. The summed E-state index contributed by atoms with van der Waals surface area (Å²) in [5, 5.41) is 2.87. The molecule has 0 saturated carbocycles. The van der Waals surface area contributed by atoms with Crippen molar-refractivity contribution in [1.29, 1.82) is 0 Å². The van der Waals surface area contributed by atoms with E-state index in [-0.39, 0.29) is 36.8 Å². The molecule has 1 aliphatic rings. The number of aldehydes is 1. The largest absolute Gasteiger partial charge is 0.497 e. The van der Waals surface area contributed by atoms with Gasteiger partial charge < -0.3 is 44.6 Å². The Kier molecular flexibility index (Phi) is 18.7. The minimum atomic E-state index is -0.410. The summed E-state index contributed by atoms with van der Waals surface area (Å²) in [4.78, 5) is 45.0. The molecule has 4 rings (SSSR count). The van der Waals surface area contributed by atoms with Crippen LogP contribution >= 0.6 is 24.8 Å². The van der Waals surface area contributed by atoms with Crippen molar-refractivity contribution in [2.45, 2.75) is 38.6 Å². The van der Waals surface area contributed by atoms with Crippen LogP contribution in [-0.2, 0) is 4.79 Å². The summed E-state index contributed by atoms with van der Waals surface area (Å²) >= 11 is 0. The molecule has 0 bridgehead atoms. The zero-order valence-electron chi connectivity index (χ0n) is 30.7. The van der Waals surface area contributed by atoms with E-state index in [0.717, 1.165) is 57.3 Å². The molecule has 0 spiro atoms. The van der Waals surface area contributed by atoms with Gasteiger partial charge in [-0.15, -0.1) is 24.8 Å². The van der Waals surface area contributed by atoms with Crippen molar-refractivity contribution in [3.63, 3.8) is 0 Å². The van der Waals surface area contributed by atoms with Crippen LogP contribution in [0.15, 0.2) is 54.6 Å².